The fourth-order valence-corrected chi connectivity index (χ4v) is 3.08. The molecule has 0 fully saturated rings. The van der Waals surface area contributed by atoms with Gasteiger partial charge in [0.25, 0.3) is 0 Å². The third kappa shape index (κ3) is 3.25. The molecule has 0 saturated carbocycles. The normalized spacial score (nSPS) is 14.5. The number of hydrogen-bond donors (Lipinski definition) is 0. The Kier molecular flexibility index (Phi) is 4.63. The zero-order chi connectivity index (χ0) is 15.5. The standard InChI is InChI=1S/C18H15Cl2NO/c19-14-7-8-16(17(20)11-14)18(22)15-6-2-1-5-13(15)12-21-9-3-4-10-21/h1-8,11H,9-10,12H2. The van der Waals surface area contributed by atoms with Crippen molar-refractivity contribution in [1.82, 2.24) is 4.90 Å². The lowest BCUT2D eigenvalue weighted by atomic mass is 9.98. The molecule has 0 unspecified atom stereocenters. The van der Waals surface area contributed by atoms with Crippen LogP contribution in [0.25, 0.3) is 0 Å². The molecule has 1 aliphatic rings. The number of hydrogen-bond acceptors (Lipinski definition) is 2. The highest BCUT2D eigenvalue weighted by molar-refractivity contribution is 6.37. The van der Waals surface area contributed by atoms with E-state index >= 15 is 0 Å². The first-order chi connectivity index (χ1) is 10.6. The summed E-state index contributed by atoms with van der Waals surface area (Å²) in [6.45, 7) is 2.59. The fraction of sp³-hybridized carbons (Fsp3) is 0.167. The maximum absolute atomic E-state index is 12.8. The number of halogens is 2. The van der Waals surface area contributed by atoms with Crippen LogP contribution in [0.15, 0.2) is 54.6 Å². The van der Waals surface area contributed by atoms with Crippen LogP contribution in [0.1, 0.15) is 21.5 Å². The van der Waals surface area contributed by atoms with Crippen molar-refractivity contribution >= 4 is 29.0 Å². The Bertz CT molecular complexity index is 732. The van der Waals surface area contributed by atoms with Gasteiger partial charge in [-0.1, -0.05) is 59.6 Å². The van der Waals surface area contributed by atoms with Crippen molar-refractivity contribution in [2.45, 2.75) is 6.54 Å². The highest BCUT2D eigenvalue weighted by Crippen LogP contribution is 2.25. The van der Waals surface area contributed by atoms with E-state index in [0.717, 1.165) is 25.2 Å². The second-order valence-corrected chi connectivity index (χ2v) is 6.12. The van der Waals surface area contributed by atoms with E-state index in [4.69, 9.17) is 23.2 Å². The average Bonchev–Trinajstić information content (AvgIpc) is 3.00. The third-order valence-electron chi connectivity index (χ3n) is 3.73. The summed E-state index contributed by atoms with van der Waals surface area (Å²) in [5.41, 5.74) is 2.19. The number of carbonyl (C=O) groups excluding carboxylic acids is 1. The van der Waals surface area contributed by atoms with E-state index < -0.39 is 0 Å². The average molecular weight is 332 g/mol. The number of benzene rings is 2. The van der Waals surface area contributed by atoms with Gasteiger partial charge < -0.3 is 0 Å². The largest absolute Gasteiger partial charge is 0.292 e. The van der Waals surface area contributed by atoms with E-state index in [-0.39, 0.29) is 5.78 Å². The molecule has 0 spiro atoms. The van der Waals surface area contributed by atoms with Gasteiger partial charge in [0, 0.05) is 35.8 Å². The number of carbonyl (C=O) groups is 1. The smallest absolute Gasteiger partial charge is 0.194 e. The van der Waals surface area contributed by atoms with Gasteiger partial charge in [-0.3, -0.25) is 9.69 Å². The molecule has 0 bridgehead atoms. The summed E-state index contributed by atoms with van der Waals surface area (Å²) < 4.78 is 0. The molecule has 112 valence electrons. The summed E-state index contributed by atoms with van der Waals surface area (Å²) >= 11 is 12.1. The van der Waals surface area contributed by atoms with Gasteiger partial charge in [0.1, 0.15) is 0 Å². The summed E-state index contributed by atoms with van der Waals surface area (Å²) in [5, 5.41) is 0.910. The van der Waals surface area contributed by atoms with Crippen molar-refractivity contribution in [3.8, 4) is 0 Å². The predicted molar refractivity (Wildman–Crippen MR) is 90.8 cm³/mol. The second-order valence-electron chi connectivity index (χ2n) is 5.28. The molecule has 0 aliphatic carbocycles. The van der Waals surface area contributed by atoms with Crippen LogP contribution in [0.4, 0.5) is 0 Å². The lowest BCUT2D eigenvalue weighted by Crippen LogP contribution is -2.21. The van der Waals surface area contributed by atoms with Crippen molar-refractivity contribution in [2.75, 3.05) is 13.1 Å². The minimum absolute atomic E-state index is 0.0653. The van der Waals surface area contributed by atoms with Gasteiger partial charge in [0.2, 0.25) is 0 Å². The van der Waals surface area contributed by atoms with Crippen LogP contribution in [0.2, 0.25) is 10.0 Å². The first-order valence-electron chi connectivity index (χ1n) is 7.10. The number of rotatable bonds is 4. The minimum Gasteiger partial charge on any atom is -0.292 e. The first kappa shape index (κ1) is 15.3. The lowest BCUT2D eigenvalue weighted by molar-refractivity contribution is 0.103. The maximum atomic E-state index is 12.8. The highest BCUT2D eigenvalue weighted by atomic mass is 35.5. The van der Waals surface area contributed by atoms with E-state index in [1.54, 1.807) is 18.2 Å². The van der Waals surface area contributed by atoms with E-state index in [1.807, 2.05) is 24.3 Å². The Morgan fingerprint density at radius 3 is 2.45 bits per heavy atom. The van der Waals surface area contributed by atoms with Crippen LogP contribution >= 0.6 is 23.2 Å². The van der Waals surface area contributed by atoms with Gasteiger partial charge in [-0.15, -0.1) is 0 Å². The summed E-state index contributed by atoms with van der Waals surface area (Å²) in [6.07, 6.45) is 4.28. The molecule has 0 saturated heterocycles. The van der Waals surface area contributed by atoms with Crippen molar-refractivity contribution in [3.63, 3.8) is 0 Å². The van der Waals surface area contributed by atoms with Crippen LogP contribution in [0.3, 0.4) is 0 Å². The van der Waals surface area contributed by atoms with Crippen molar-refractivity contribution < 1.29 is 4.79 Å². The Morgan fingerprint density at radius 1 is 1.00 bits per heavy atom. The van der Waals surface area contributed by atoms with Crippen molar-refractivity contribution in [2.24, 2.45) is 0 Å². The molecule has 0 aromatic heterocycles. The van der Waals surface area contributed by atoms with E-state index in [0.29, 0.717) is 21.2 Å². The summed E-state index contributed by atoms with van der Waals surface area (Å²) in [6, 6.07) is 12.7. The molecule has 0 amide bonds. The van der Waals surface area contributed by atoms with Crippen LogP contribution in [0.5, 0.6) is 0 Å². The monoisotopic (exact) mass is 331 g/mol. The zero-order valence-corrected chi connectivity index (χ0v) is 13.4. The topological polar surface area (TPSA) is 20.3 Å². The van der Waals surface area contributed by atoms with E-state index in [9.17, 15) is 4.79 Å². The first-order valence-corrected chi connectivity index (χ1v) is 7.86. The van der Waals surface area contributed by atoms with E-state index in [1.165, 1.54) is 0 Å². The Labute approximate surface area is 140 Å². The molecule has 2 aromatic rings. The van der Waals surface area contributed by atoms with Gasteiger partial charge >= 0.3 is 0 Å². The molecule has 2 aromatic carbocycles. The molecular weight excluding hydrogens is 317 g/mol. The third-order valence-corrected chi connectivity index (χ3v) is 4.27. The predicted octanol–water partition coefficient (Wildman–Crippen LogP) is 4.60. The van der Waals surface area contributed by atoms with Crippen LogP contribution in [-0.4, -0.2) is 23.8 Å². The lowest BCUT2D eigenvalue weighted by Gasteiger charge is -2.17. The Morgan fingerprint density at radius 2 is 1.73 bits per heavy atom. The minimum atomic E-state index is -0.0653. The molecule has 4 heteroatoms. The molecule has 0 atom stereocenters. The molecule has 2 nitrogen and oxygen atoms in total. The Balaban J connectivity index is 1.91. The molecule has 1 heterocycles. The molecular formula is C18H15Cl2NO. The SMILES string of the molecule is O=C(c1ccc(Cl)cc1Cl)c1ccccc1CN1CC=CC1. The fourth-order valence-electron chi connectivity index (χ4n) is 2.59. The molecule has 0 N–H and O–H groups in total. The van der Waals surface area contributed by atoms with Crippen LogP contribution < -0.4 is 0 Å². The molecule has 3 rings (SSSR count). The zero-order valence-electron chi connectivity index (χ0n) is 11.9. The Hall–Kier alpha value is -1.61. The maximum Gasteiger partial charge on any atom is 0.194 e. The highest BCUT2D eigenvalue weighted by Gasteiger charge is 2.18. The van der Waals surface area contributed by atoms with Gasteiger partial charge in [-0.05, 0) is 23.8 Å². The molecule has 22 heavy (non-hydrogen) atoms. The quantitative estimate of drug-likeness (QED) is 0.603. The number of ketones is 1. The molecule has 0 radical (unpaired) electrons. The summed E-state index contributed by atoms with van der Waals surface area (Å²) in [7, 11) is 0. The number of nitrogens with zero attached hydrogens (tertiary/aromatic N) is 1. The van der Waals surface area contributed by atoms with Gasteiger partial charge in [0.05, 0.1) is 5.02 Å². The van der Waals surface area contributed by atoms with Crippen LogP contribution in [0, 0.1) is 0 Å². The van der Waals surface area contributed by atoms with Crippen molar-refractivity contribution in [1.29, 1.82) is 0 Å². The summed E-state index contributed by atoms with van der Waals surface area (Å²) in [5.74, 6) is -0.0653. The van der Waals surface area contributed by atoms with Gasteiger partial charge in [0.15, 0.2) is 5.78 Å². The van der Waals surface area contributed by atoms with E-state index in [2.05, 4.69) is 17.1 Å². The van der Waals surface area contributed by atoms with Crippen molar-refractivity contribution in [3.05, 3.63) is 81.4 Å². The van der Waals surface area contributed by atoms with Gasteiger partial charge in [-0.2, -0.15) is 0 Å². The van der Waals surface area contributed by atoms with Gasteiger partial charge in [-0.25, -0.2) is 0 Å². The summed E-state index contributed by atoms with van der Waals surface area (Å²) in [4.78, 5) is 15.1. The molecule has 1 aliphatic heterocycles. The van der Waals surface area contributed by atoms with Crippen LogP contribution in [-0.2, 0) is 6.54 Å². The second kappa shape index (κ2) is 6.66.